The van der Waals surface area contributed by atoms with Crippen LogP contribution in [0.25, 0.3) is 0 Å². The first-order chi connectivity index (χ1) is 7.36. The first-order valence-corrected chi connectivity index (χ1v) is 5.67. The highest BCUT2D eigenvalue weighted by Gasteiger charge is 1.96. The monoisotopic (exact) mass is 216 g/mol. The van der Waals surface area contributed by atoms with Crippen LogP contribution in [0.2, 0.25) is 0 Å². The van der Waals surface area contributed by atoms with Crippen molar-refractivity contribution in [2.45, 2.75) is 6.54 Å². The third-order valence-corrected chi connectivity index (χ3v) is 2.81. The zero-order chi connectivity index (χ0) is 10.5. The number of aliphatic imine (C=N–C) groups is 1. The van der Waals surface area contributed by atoms with Gasteiger partial charge in [0.25, 0.3) is 0 Å². The Morgan fingerprint density at radius 2 is 2.00 bits per heavy atom. The summed E-state index contributed by atoms with van der Waals surface area (Å²) in [6.45, 7) is 0.657. The molecule has 0 atom stereocenters. The minimum atomic E-state index is 0.599. The van der Waals surface area contributed by atoms with Gasteiger partial charge in [-0.15, -0.1) is 0 Å². The molecule has 2 rings (SSSR count). The number of amidine groups is 1. The molecule has 3 heteroatoms. The topological polar surface area (TPSA) is 38.4 Å². The summed E-state index contributed by atoms with van der Waals surface area (Å²) in [7, 11) is 0. The van der Waals surface area contributed by atoms with Gasteiger partial charge in [0.1, 0.15) is 5.84 Å². The van der Waals surface area contributed by atoms with Crippen LogP contribution in [0.15, 0.2) is 52.2 Å². The van der Waals surface area contributed by atoms with Crippen LogP contribution < -0.4 is 5.73 Å². The summed E-state index contributed by atoms with van der Waals surface area (Å²) >= 11 is 1.68. The van der Waals surface area contributed by atoms with Gasteiger partial charge in [0.2, 0.25) is 0 Å². The van der Waals surface area contributed by atoms with E-state index in [1.165, 1.54) is 5.56 Å². The number of hydrogen-bond acceptors (Lipinski definition) is 2. The Bertz CT molecular complexity index is 432. The van der Waals surface area contributed by atoms with E-state index in [2.05, 4.69) is 16.4 Å². The molecule has 0 saturated heterocycles. The van der Waals surface area contributed by atoms with Crippen molar-refractivity contribution in [3.8, 4) is 0 Å². The fourth-order valence-electron chi connectivity index (χ4n) is 1.26. The van der Waals surface area contributed by atoms with E-state index in [1.807, 2.05) is 35.7 Å². The molecule has 2 N–H and O–H groups in total. The van der Waals surface area contributed by atoms with Crippen LogP contribution in [0.1, 0.15) is 11.1 Å². The van der Waals surface area contributed by atoms with Gasteiger partial charge in [-0.1, -0.05) is 30.3 Å². The molecule has 0 fully saturated rings. The number of hydrogen-bond donors (Lipinski definition) is 1. The molecule has 0 saturated carbocycles. The minimum absolute atomic E-state index is 0.599. The van der Waals surface area contributed by atoms with E-state index >= 15 is 0 Å². The second kappa shape index (κ2) is 4.75. The second-order valence-electron chi connectivity index (χ2n) is 3.20. The summed E-state index contributed by atoms with van der Waals surface area (Å²) in [4.78, 5) is 4.34. The number of nitrogens with two attached hydrogens (primary N) is 1. The summed E-state index contributed by atoms with van der Waals surface area (Å²) in [6.07, 6.45) is 0. The Labute approximate surface area is 93.1 Å². The molecule has 1 aromatic carbocycles. The van der Waals surface area contributed by atoms with Gasteiger partial charge in [0, 0.05) is 5.56 Å². The van der Waals surface area contributed by atoms with Gasteiger partial charge < -0.3 is 5.73 Å². The molecule has 0 bridgehead atoms. The predicted molar refractivity (Wildman–Crippen MR) is 65.2 cm³/mol. The molecular formula is C12H12N2S. The molecule has 0 aliphatic carbocycles. The summed E-state index contributed by atoms with van der Waals surface area (Å²) in [6, 6.07) is 11.9. The van der Waals surface area contributed by atoms with Gasteiger partial charge in [-0.2, -0.15) is 11.3 Å². The van der Waals surface area contributed by atoms with Crippen molar-refractivity contribution in [3.05, 3.63) is 58.3 Å². The van der Waals surface area contributed by atoms with Gasteiger partial charge in [-0.05, 0) is 22.4 Å². The number of thiophene rings is 1. The lowest BCUT2D eigenvalue weighted by Gasteiger charge is -1.99. The van der Waals surface area contributed by atoms with Crippen LogP contribution in [0.3, 0.4) is 0 Å². The Morgan fingerprint density at radius 3 is 2.67 bits per heavy atom. The quantitative estimate of drug-likeness (QED) is 0.621. The molecule has 1 heterocycles. The van der Waals surface area contributed by atoms with Gasteiger partial charge in [-0.3, -0.25) is 4.99 Å². The molecule has 2 nitrogen and oxygen atoms in total. The molecule has 2 aromatic rings. The summed E-state index contributed by atoms with van der Waals surface area (Å²) in [5, 5.41) is 4.13. The minimum Gasteiger partial charge on any atom is -0.383 e. The lowest BCUT2D eigenvalue weighted by Crippen LogP contribution is -2.13. The van der Waals surface area contributed by atoms with Crippen LogP contribution >= 0.6 is 11.3 Å². The third kappa shape index (κ3) is 2.67. The molecule has 0 unspecified atom stereocenters. The van der Waals surface area contributed by atoms with Crippen molar-refractivity contribution in [1.82, 2.24) is 0 Å². The molecule has 0 radical (unpaired) electrons. The van der Waals surface area contributed by atoms with Crippen molar-refractivity contribution < 1.29 is 0 Å². The lowest BCUT2D eigenvalue weighted by molar-refractivity contribution is 1.07. The highest BCUT2D eigenvalue weighted by molar-refractivity contribution is 7.07. The highest BCUT2D eigenvalue weighted by Crippen LogP contribution is 2.07. The molecule has 0 aliphatic heterocycles. The molecule has 0 amide bonds. The summed E-state index contributed by atoms with van der Waals surface area (Å²) in [5.41, 5.74) is 8.05. The van der Waals surface area contributed by atoms with Gasteiger partial charge in [0.15, 0.2) is 0 Å². The van der Waals surface area contributed by atoms with Crippen LogP contribution in [0.4, 0.5) is 0 Å². The van der Waals surface area contributed by atoms with Crippen LogP contribution in [-0.2, 0) is 6.54 Å². The van der Waals surface area contributed by atoms with Crippen LogP contribution in [-0.4, -0.2) is 5.84 Å². The average molecular weight is 216 g/mol. The van der Waals surface area contributed by atoms with Crippen molar-refractivity contribution in [2.75, 3.05) is 0 Å². The Kier molecular flexibility index (Phi) is 3.15. The van der Waals surface area contributed by atoms with Gasteiger partial charge in [0.05, 0.1) is 6.54 Å². The van der Waals surface area contributed by atoms with Crippen LogP contribution in [0.5, 0.6) is 0 Å². The third-order valence-electron chi connectivity index (χ3n) is 2.08. The van der Waals surface area contributed by atoms with Crippen LogP contribution in [0, 0.1) is 0 Å². The standard InChI is InChI=1S/C12H12N2S/c13-12(11-4-2-1-3-5-11)14-8-10-6-7-15-9-10/h1-7,9H,8H2,(H2,13,14). The Hall–Kier alpha value is -1.61. The first-order valence-electron chi connectivity index (χ1n) is 4.72. The SMILES string of the molecule is NC(=NCc1ccsc1)c1ccccc1. The van der Waals surface area contributed by atoms with Crippen molar-refractivity contribution in [3.63, 3.8) is 0 Å². The van der Waals surface area contributed by atoms with Crippen molar-refractivity contribution in [2.24, 2.45) is 10.7 Å². The zero-order valence-electron chi connectivity index (χ0n) is 8.26. The number of benzene rings is 1. The Balaban J connectivity index is 2.08. The second-order valence-corrected chi connectivity index (χ2v) is 3.98. The molecular weight excluding hydrogens is 204 g/mol. The maximum atomic E-state index is 5.86. The van der Waals surface area contributed by atoms with E-state index in [4.69, 9.17) is 5.73 Å². The molecule has 0 aliphatic rings. The first kappa shape index (κ1) is 9.93. The fourth-order valence-corrected chi connectivity index (χ4v) is 1.92. The van der Waals surface area contributed by atoms with E-state index < -0.39 is 0 Å². The largest absolute Gasteiger partial charge is 0.383 e. The van der Waals surface area contributed by atoms with E-state index in [1.54, 1.807) is 11.3 Å². The smallest absolute Gasteiger partial charge is 0.125 e. The lowest BCUT2D eigenvalue weighted by atomic mass is 10.2. The van der Waals surface area contributed by atoms with Crippen molar-refractivity contribution >= 4 is 17.2 Å². The summed E-state index contributed by atoms with van der Waals surface area (Å²) in [5.74, 6) is 0.599. The molecule has 76 valence electrons. The van der Waals surface area contributed by atoms with E-state index in [0.29, 0.717) is 12.4 Å². The maximum absolute atomic E-state index is 5.86. The van der Waals surface area contributed by atoms with E-state index in [-0.39, 0.29) is 0 Å². The number of rotatable bonds is 3. The van der Waals surface area contributed by atoms with Crippen molar-refractivity contribution in [1.29, 1.82) is 0 Å². The Morgan fingerprint density at radius 1 is 1.20 bits per heavy atom. The molecule has 1 aromatic heterocycles. The normalized spacial score (nSPS) is 11.6. The molecule has 15 heavy (non-hydrogen) atoms. The average Bonchev–Trinajstić information content (AvgIpc) is 2.80. The fraction of sp³-hybridized carbons (Fsp3) is 0.0833. The van der Waals surface area contributed by atoms with Gasteiger partial charge >= 0.3 is 0 Å². The molecule has 0 spiro atoms. The zero-order valence-corrected chi connectivity index (χ0v) is 9.08. The number of nitrogens with zero attached hydrogens (tertiary/aromatic N) is 1. The highest BCUT2D eigenvalue weighted by atomic mass is 32.1. The van der Waals surface area contributed by atoms with E-state index in [9.17, 15) is 0 Å². The summed E-state index contributed by atoms with van der Waals surface area (Å²) < 4.78 is 0. The van der Waals surface area contributed by atoms with E-state index in [0.717, 1.165) is 5.56 Å². The maximum Gasteiger partial charge on any atom is 0.125 e. The predicted octanol–water partition coefficient (Wildman–Crippen LogP) is 2.65. The van der Waals surface area contributed by atoms with Gasteiger partial charge in [-0.25, -0.2) is 0 Å².